The van der Waals surface area contributed by atoms with Gasteiger partial charge in [-0.05, 0) is 78.2 Å². The molecule has 1 heterocycles. The highest BCUT2D eigenvalue weighted by molar-refractivity contribution is 7.92. The van der Waals surface area contributed by atoms with E-state index in [1.54, 1.807) is 18.5 Å². The number of sulfonamides is 1. The molecule has 0 radical (unpaired) electrons. The van der Waals surface area contributed by atoms with Crippen LogP contribution in [0.3, 0.4) is 0 Å². The molecule has 0 N–H and O–H groups in total. The van der Waals surface area contributed by atoms with Crippen LogP contribution in [0.5, 0.6) is 0 Å². The molecule has 10 heteroatoms. The number of hydrogen-bond donors (Lipinski definition) is 0. The number of ether oxygens (including phenoxy) is 1. The van der Waals surface area contributed by atoms with Gasteiger partial charge >= 0.3 is 0 Å². The van der Waals surface area contributed by atoms with Crippen molar-refractivity contribution in [2.24, 2.45) is 0 Å². The zero-order valence-electron chi connectivity index (χ0n) is 19.6. The number of anilines is 1. The molecule has 5 nitrogen and oxygen atoms in total. The molecule has 0 fully saturated rings. The summed E-state index contributed by atoms with van der Waals surface area (Å²) in [7, 11) is -4.42. The van der Waals surface area contributed by atoms with Crippen LogP contribution in [-0.4, -0.2) is 13.4 Å². The lowest BCUT2D eigenvalue weighted by atomic mass is 10.0. The summed E-state index contributed by atoms with van der Waals surface area (Å²) in [6.07, 6.45) is 3.25. The third-order valence-electron chi connectivity index (χ3n) is 5.67. The molecule has 3 aromatic carbocycles. The summed E-state index contributed by atoms with van der Waals surface area (Å²) in [5.41, 5.74) is 1.01. The Kier molecular flexibility index (Phi) is 8.16. The van der Waals surface area contributed by atoms with Gasteiger partial charge in [0.05, 0.1) is 29.8 Å². The molecule has 0 aliphatic heterocycles. The summed E-state index contributed by atoms with van der Waals surface area (Å²) in [5.74, 6) is -2.32. The van der Waals surface area contributed by atoms with Gasteiger partial charge in [0.15, 0.2) is 0 Å². The molecule has 0 spiro atoms. The number of aromatic nitrogens is 1. The van der Waals surface area contributed by atoms with E-state index in [1.807, 2.05) is 6.07 Å². The smallest absolute Gasteiger partial charge is 0.264 e. The minimum absolute atomic E-state index is 0.0627. The largest absolute Gasteiger partial charge is 0.372 e. The van der Waals surface area contributed by atoms with Gasteiger partial charge in [0.25, 0.3) is 10.0 Å². The van der Waals surface area contributed by atoms with Crippen LogP contribution in [0.2, 0.25) is 5.02 Å². The van der Waals surface area contributed by atoms with E-state index in [0.717, 1.165) is 28.1 Å². The number of rotatable bonds is 9. The molecule has 0 saturated heterocycles. The van der Waals surface area contributed by atoms with E-state index >= 15 is 0 Å². The Balaban J connectivity index is 1.77. The van der Waals surface area contributed by atoms with Crippen LogP contribution in [0.1, 0.15) is 29.7 Å². The predicted octanol–water partition coefficient (Wildman–Crippen LogP) is 6.83. The van der Waals surface area contributed by atoms with Crippen molar-refractivity contribution in [3.8, 4) is 0 Å². The van der Waals surface area contributed by atoms with Crippen molar-refractivity contribution in [3.05, 3.63) is 124 Å². The average molecular weight is 547 g/mol. The molecular weight excluding hydrogens is 525 g/mol. The van der Waals surface area contributed by atoms with Crippen LogP contribution in [0.4, 0.5) is 18.9 Å². The second-order valence-electron chi connectivity index (χ2n) is 8.22. The Morgan fingerprint density at radius 1 is 0.946 bits per heavy atom. The molecule has 0 aliphatic rings. The van der Waals surface area contributed by atoms with E-state index < -0.39 is 39.2 Å². The number of pyridine rings is 1. The van der Waals surface area contributed by atoms with Crippen LogP contribution in [-0.2, 0) is 28.0 Å². The van der Waals surface area contributed by atoms with E-state index in [-0.39, 0.29) is 18.1 Å². The minimum atomic E-state index is -4.42. The van der Waals surface area contributed by atoms with Gasteiger partial charge in [-0.2, -0.15) is 0 Å². The standard InChI is InChI=1S/C27H22ClF3N2O3S/c1-18(25-10-6-22(29)13-20(25)17-36-16-19-3-2-12-32-15-19)33(27-14-23(30)7-11-26(27)31)37(34,35)24-8-4-21(28)5-9-24/h2-15,18H,16-17H2,1H3/t18-/m1/s1. The SMILES string of the molecule is C[C@H](c1ccc(F)cc1COCc1cccnc1)N(c1cc(F)ccc1F)S(=O)(=O)c1ccc(Cl)cc1. The lowest BCUT2D eigenvalue weighted by molar-refractivity contribution is 0.106. The highest BCUT2D eigenvalue weighted by Crippen LogP contribution is 2.37. The van der Waals surface area contributed by atoms with Gasteiger partial charge < -0.3 is 4.74 Å². The highest BCUT2D eigenvalue weighted by atomic mass is 35.5. The molecule has 0 bridgehead atoms. The van der Waals surface area contributed by atoms with Crippen molar-refractivity contribution in [2.75, 3.05) is 4.31 Å². The Morgan fingerprint density at radius 3 is 2.35 bits per heavy atom. The molecule has 1 aromatic heterocycles. The van der Waals surface area contributed by atoms with E-state index in [4.69, 9.17) is 16.3 Å². The zero-order valence-corrected chi connectivity index (χ0v) is 21.2. The summed E-state index contributed by atoms with van der Waals surface area (Å²) >= 11 is 5.92. The number of benzene rings is 3. The summed E-state index contributed by atoms with van der Waals surface area (Å²) in [6, 6.07) is 14.2. The Morgan fingerprint density at radius 2 is 1.65 bits per heavy atom. The second-order valence-corrected chi connectivity index (χ2v) is 10.5. The van der Waals surface area contributed by atoms with E-state index in [1.165, 1.54) is 49.4 Å². The van der Waals surface area contributed by atoms with Crippen molar-refractivity contribution >= 4 is 27.3 Å². The van der Waals surface area contributed by atoms with E-state index in [2.05, 4.69) is 4.98 Å². The van der Waals surface area contributed by atoms with Gasteiger partial charge in [0, 0.05) is 23.5 Å². The van der Waals surface area contributed by atoms with Gasteiger partial charge in [0.1, 0.15) is 17.5 Å². The monoisotopic (exact) mass is 546 g/mol. The van der Waals surface area contributed by atoms with Crippen LogP contribution < -0.4 is 4.31 Å². The third kappa shape index (κ3) is 6.12. The summed E-state index contributed by atoms with van der Waals surface area (Å²) in [5, 5.41) is 0.307. The van der Waals surface area contributed by atoms with Crippen LogP contribution >= 0.6 is 11.6 Å². The molecule has 37 heavy (non-hydrogen) atoms. The maximum absolute atomic E-state index is 15.0. The molecule has 4 rings (SSSR count). The van der Waals surface area contributed by atoms with Gasteiger partial charge in [-0.25, -0.2) is 21.6 Å². The maximum Gasteiger partial charge on any atom is 0.264 e. The fraction of sp³-hybridized carbons (Fsp3) is 0.148. The average Bonchev–Trinajstić information content (AvgIpc) is 2.87. The van der Waals surface area contributed by atoms with Gasteiger partial charge in [-0.1, -0.05) is 23.7 Å². The van der Waals surface area contributed by atoms with E-state index in [9.17, 15) is 21.6 Å². The highest BCUT2D eigenvalue weighted by Gasteiger charge is 2.33. The Labute approximate surface area is 218 Å². The first-order valence-corrected chi connectivity index (χ1v) is 13.0. The molecular formula is C27H22ClF3N2O3S. The summed E-state index contributed by atoms with van der Waals surface area (Å²) in [4.78, 5) is 3.84. The first-order chi connectivity index (χ1) is 17.7. The van der Waals surface area contributed by atoms with Gasteiger partial charge in [0.2, 0.25) is 0 Å². The second kappa shape index (κ2) is 11.3. The Bertz CT molecular complexity index is 1490. The minimum Gasteiger partial charge on any atom is -0.372 e. The van der Waals surface area contributed by atoms with Gasteiger partial charge in [-0.15, -0.1) is 0 Å². The number of hydrogen-bond acceptors (Lipinski definition) is 4. The fourth-order valence-electron chi connectivity index (χ4n) is 3.92. The molecule has 192 valence electrons. The summed E-state index contributed by atoms with van der Waals surface area (Å²) < 4.78 is 77.5. The molecule has 0 aliphatic carbocycles. The molecule has 4 aromatic rings. The lowest BCUT2D eigenvalue weighted by Gasteiger charge is -2.32. The number of nitrogens with zero attached hydrogens (tertiary/aromatic N) is 2. The number of halogens is 4. The van der Waals surface area contributed by atoms with E-state index in [0.29, 0.717) is 16.1 Å². The van der Waals surface area contributed by atoms with Crippen LogP contribution in [0, 0.1) is 17.5 Å². The molecule has 1 atom stereocenters. The molecule has 0 unspecified atom stereocenters. The van der Waals surface area contributed by atoms with Gasteiger partial charge in [-0.3, -0.25) is 9.29 Å². The van der Waals surface area contributed by atoms with Crippen LogP contribution in [0.25, 0.3) is 0 Å². The Hall–Kier alpha value is -3.40. The fourth-order valence-corrected chi connectivity index (χ4v) is 5.68. The van der Waals surface area contributed by atoms with Crippen molar-refractivity contribution in [1.29, 1.82) is 0 Å². The van der Waals surface area contributed by atoms with Crippen molar-refractivity contribution in [2.45, 2.75) is 31.1 Å². The lowest BCUT2D eigenvalue weighted by Crippen LogP contribution is -2.35. The first-order valence-electron chi connectivity index (χ1n) is 11.2. The first kappa shape index (κ1) is 26.7. The topological polar surface area (TPSA) is 59.5 Å². The quantitative estimate of drug-likeness (QED) is 0.231. The molecule has 0 amide bonds. The molecule has 0 saturated carbocycles. The maximum atomic E-state index is 15.0. The van der Waals surface area contributed by atoms with Crippen molar-refractivity contribution < 1.29 is 26.3 Å². The zero-order chi connectivity index (χ0) is 26.6. The van der Waals surface area contributed by atoms with Crippen LogP contribution in [0.15, 0.2) is 90.1 Å². The normalized spacial score (nSPS) is 12.4. The van der Waals surface area contributed by atoms with Crippen molar-refractivity contribution in [3.63, 3.8) is 0 Å². The van der Waals surface area contributed by atoms with Crippen molar-refractivity contribution in [1.82, 2.24) is 4.98 Å². The summed E-state index contributed by atoms with van der Waals surface area (Å²) in [6.45, 7) is 1.63. The predicted molar refractivity (Wildman–Crippen MR) is 135 cm³/mol. The third-order valence-corrected chi connectivity index (χ3v) is 7.82.